The van der Waals surface area contributed by atoms with E-state index in [4.69, 9.17) is 5.11 Å². The molecule has 7 heteroatoms. The molecule has 0 aromatic heterocycles. The van der Waals surface area contributed by atoms with E-state index < -0.39 is 33.2 Å². The number of halogens is 2. The van der Waals surface area contributed by atoms with Crippen LogP contribution in [0.4, 0.5) is 8.78 Å². The number of aliphatic hydroxyl groups is 1. The molecule has 0 aliphatic rings. The second-order valence-corrected chi connectivity index (χ2v) is 6.89. The number of hydrogen-bond donors (Lipinski definition) is 1. The molecule has 116 valence electrons. The van der Waals surface area contributed by atoms with E-state index >= 15 is 0 Å². The van der Waals surface area contributed by atoms with E-state index in [1.54, 1.807) is 0 Å². The van der Waals surface area contributed by atoms with E-state index in [0.29, 0.717) is 6.07 Å². The largest absolute Gasteiger partial charge is 0.384 e. The molecule has 0 amide bonds. The second-order valence-electron chi connectivity index (χ2n) is 4.90. The van der Waals surface area contributed by atoms with Crippen molar-refractivity contribution in [2.45, 2.75) is 18.7 Å². The minimum absolute atomic E-state index is 0.0419. The Morgan fingerprint density at radius 3 is 2.48 bits per heavy atom. The van der Waals surface area contributed by atoms with Crippen molar-refractivity contribution in [1.82, 2.24) is 4.31 Å². The lowest BCUT2D eigenvalue weighted by molar-refractivity contribution is 0.350. The highest BCUT2D eigenvalue weighted by molar-refractivity contribution is 7.89. The maximum absolute atomic E-state index is 14.0. The Labute approximate surface area is 123 Å². The average molecular weight is 317 g/mol. The van der Waals surface area contributed by atoms with Gasteiger partial charge < -0.3 is 5.11 Å². The smallest absolute Gasteiger partial charge is 0.246 e. The predicted octanol–water partition coefficient (Wildman–Crippen LogP) is 1.59. The van der Waals surface area contributed by atoms with E-state index in [1.165, 1.54) is 7.05 Å². The first-order valence-electron chi connectivity index (χ1n) is 6.25. The van der Waals surface area contributed by atoms with Crippen LogP contribution in [0.2, 0.25) is 0 Å². The summed E-state index contributed by atoms with van der Waals surface area (Å²) in [5, 5.41) is 8.67. The number of sulfonamides is 1. The molecule has 0 fully saturated rings. The van der Waals surface area contributed by atoms with E-state index in [-0.39, 0.29) is 18.0 Å². The van der Waals surface area contributed by atoms with Crippen LogP contribution >= 0.6 is 0 Å². The SMILES string of the molecule is CC(C)CN(C)S(=O)(=O)c1c(F)cc(F)cc1C#CCO. The normalized spacial score (nSPS) is 11.6. The summed E-state index contributed by atoms with van der Waals surface area (Å²) in [4.78, 5) is -0.673. The zero-order valence-electron chi connectivity index (χ0n) is 12.0. The minimum Gasteiger partial charge on any atom is -0.384 e. The van der Waals surface area contributed by atoms with Gasteiger partial charge in [-0.15, -0.1) is 0 Å². The van der Waals surface area contributed by atoms with Gasteiger partial charge >= 0.3 is 0 Å². The number of benzene rings is 1. The molecule has 0 atom stereocenters. The molecule has 0 bridgehead atoms. The zero-order valence-corrected chi connectivity index (χ0v) is 12.8. The van der Waals surface area contributed by atoms with Gasteiger partial charge in [0, 0.05) is 19.7 Å². The number of nitrogens with zero attached hydrogens (tertiary/aromatic N) is 1. The van der Waals surface area contributed by atoms with E-state index in [9.17, 15) is 17.2 Å². The highest BCUT2D eigenvalue weighted by Gasteiger charge is 2.28. The molecular formula is C14H17F2NO3S. The van der Waals surface area contributed by atoms with Crippen LogP contribution in [-0.4, -0.2) is 38.0 Å². The third-order valence-corrected chi connectivity index (χ3v) is 4.50. The van der Waals surface area contributed by atoms with Crippen LogP contribution in [0.3, 0.4) is 0 Å². The first-order chi connectivity index (χ1) is 9.70. The van der Waals surface area contributed by atoms with Crippen LogP contribution in [0.5, 0.6) is 0 Å². The highest BCUT2D eigenvalue weighted by atomic mass is 32.2. The maximum Gasteiger partial charge on any atom is 0.246 e. The van der Waals surface area contributed by atoms with Crippen LogP contribution in [0.25, 0.3) is 0 Å². The summed E-state index contributed by atoms with van der Waals surface area (Å²) in [6.07, 6.45) is 0. The summed E-state index contributed by atoms with van der Waals surface area (Å²) in [6, 6.07) is 1.34. The fourth-order valence-corrected chi connectivity index (χ4v) is 3.32. The summed E-state index contributed by atoms with van der Waals surface area (Å²) in [7, 11) is -2.81. The molecule has 1 aromatic carbocycles. The van der Waals surface area contributed by atoms with Crippen LogP contribution in [0.15, 0.2) is 17.0 Å². The van der Waals surface area contributed by atoms with Gasteiger partial charge in [-0.1, -0.05) is 25.7 Å². The molecule has 0 unspecified atom stereocenters. The highest BCUT2D eigenvalue weighted by Crippen LogP contribution is 2.24. The summed E-state index contributed by atoms with van der Waals surface area (Å²) in [5.74, 6) is 2.38. The number of aliphatic hydroxyl groups excluding tert-OH is 1. The van der Waals surface area contributed by atoms with E-state index in [0.717, 1.165) is 10.4 Å². The lowest BCUT2D eigenvalue weighted by Gasteiger charge is -2.20. The van der Waals surface area contributed by atoms with Crippen molar-refractivity contribution in [2.24, 2.45) is 5.92 Å². The van der Waals surface area contributed by atoms with Crippen LogP contribution in [0, 0.1) is 29.4 Å². The first kappa shape index (κ1) is 17.6. The molecule has 0 aliphatic carbocycles. The Hall–Kier alpha value is -1.49. The lowest BCUT2D eigenvalue weighted by atomic mass is 10.2. The maximum atomic E-state index is 14.0. The average Bonchev–Trinajstić information content (AvgIpc) is 2.34. The van der Waals surface area contributed by atoms with Gasteiger partial charge in [0.15, 0.2) is 0 Å². The van der Waals surface area contributed by atoms with Gasteiger partial charge in [-0.25, -0.2) is 21.5 Å². The molecule has 4 nitrogen and oxygen atoms in total. The molecule has 0 radical (unpaired) electrons. The first-order valence-corrected chi connectivity index (χ1v) is 7.69. The Morgan fingerprint density at radius 1 is 1.33 bits per heavy atom. The van der Waals surface area contributed by atoms with Crippen molar-refractivity contribution >= 4 is 10.0 Å². The molecule has 0 saturated heterocycles. The number of hydrogen-bond acceptors (Lipinski definition) is 3. The van der Waals surface area contributed by atoms with Crippen molar-refractivity contribution in [2.75, 3.05) is 20.2 Å². The lowest BCUT2D eigenvalue weighted by Crippen LogP contribution is -2.31. The molecule has 21 heavy (non-hydrogen) atoms. The van der Waals surface area contributed by atoms with Crippen molar-refractivity contribution in [3.63, 3.8) is 0 Å². The van der Waals surface area contributed by atoms with Gasteiger partial charge in [0.1, 0.15) is 23.1 Å². The van der Waals surface area contributed by atoms with Crippen molar-refractivity contribution in [3.05, 3.63) is 29.3 Å². The van der Waals surface area contributed by atoms with Crippen LogP contribution in [-0.2, 0) is 10.0 Å². The van der Waals surface area contributed by atoms with Gasteiger partial charge in [0.2, 0.25) is 10.0 Å². The molecule has 0 spiro atoms. The molecular weight excluding hydrogens is 300 g/mol. The second kappa shape index (κ2) is 6.98. The topological polar surface area (TPSA) is 57.6 Å². The van der Waals surface area contributed by atoms with Gasteiger partial charge in [0.25, 0.3) is 0 Å². The van der Waals surface area contributed by atoms with Gasteiger partial charge in [-0.05, 0) is 12.0 Å². The molecule has 0 aliphatic heterocycles. The standard InChI is InChI=1S/C14H17F2NO3S/c1-10(2)9-17(3)21(19,20)14-11(5-4-6-18)7-12(15)8-13(14)16/h7-8,10,18H,6,9H2,1-3H3. The van der Waals surface area contributed by atoms with E-state index in [1.807, 2.05) is 13.8 Å². The molecule has 0 saturated carbocycles. The fraction of sp³-hybridized carbons (Fsp3) is 0.429. The van der Waals surface area contributed by atoms with Crippen molar-refractivity contribution in [3.8, 4) is 11.8 Å². The van der Waals surface area contributed by atoms with Gasteiger partial charge in [0.05, 0.1) is 5.56 Å². The number of rotatable bonds is 4. The third kappa shape index (κ3) is 4.24. The van der Waals surface area contributed by atoms with Gasteiger partial charge in [-0.2, -0.15) is 0 Å². The minimum atomic E-state index is -4.14. The van der Waals surface area contributed by atoms with Crippen molar-refractivity contribution in [1.29, 1.82) is 0 Å². The zero-order chi connectivity index (χ0) is 16.2. The Kier molecular flexibility index (Phi) is 5.84. The van der Waals surface area contributed by atoms with Gasteiger partial charge in [-0.3, -0.25) is 0 Å². The van der Waals surface area contributed by atoms with Crippen LogP contribution in [0.1, 0.15) is 19.4 Å². The molecule has 1 N–H and O–H groups in total. The Bertz CT molecular complexity index is 675. The monoisotopic (exact) mass is 317 g/mol. The Morgan fingerprint density at radius 2 is 1.95 bits per heavy atom. The summed E-state index contributed by atoms with van der Waals surface area (Å²) < 4.78 is 53.0. The molecule has 0 heterocycles. The molecule has 1 rings (SSSR count). The predicted molar refractivity (Wildman–Crippen MR) is 75.0 cm³/mol. The van der Waals surface area contributed by atoms with E-state index in [2.05, 4.69) is 11.8 Å². The fourth-order valence-electron chi connectivity index (χ4n) is 1.82. The summed E-state index contributed by atoms with van der Waals surface area (Å²) in [5.41, 5.74) is -0.308. The van der Waals surface area contributed by atoms with Crippen LogP contribution < -0.4 is 0 Å². The third-order valence-electron chi connectivity index (χ3n) is 2.60. The summed E-state index contributed by atoms with van der Waals surface area (Å²) in [6.45, 7) is 3.28. The summed E-state index contributed by atoms with van der Waals surface area (Å²) >= 11 is 0. The quantitative estimate of drug-likeness (QED) is 0.858. The Balaban J connectivity index is 3.47. The molecule has 1 aromatic rings. The van der Waals surface area contributed by atoms with Crippen molar-refractivity contribution < 1.29 is 22.3 Å².